The van der Waals surface area contributed by atoms with Crippen LogP contribution in [0, 0.1) is 17.3 Å². The first kappa shape index (κ1) is 12.4. The summed E-state index contributed by atoms with van der Waals surface area (Å²) in [5.74, 6) is 1.88. The first-order valence-corrected chi connectivity index (χ1v) is 7.12. The van der Waals surface area contributed by atoms with Crippen LogP contribution in [-0.4, -0.2) is 37.6 Å². The molecule has 0 aromatic carbocycles. The Morgan fingerprint density at radius 1 is 1.38 bits per heavy atom. The van der Waals surface area contributed by atoms with Gasteiger partial charge in [0.2, 0.25) is 0 Å². The van der Waals surface area contributed by atoms with E-state index in [-0.39, 0.29) is 1.43 Å². The van der Waals surface area contributed by atoms with Gasteiger partial charge in [0.05, 0.1) is 0 Å². The van der Waals surface area contributed by atoms with Crippen molar-refractivity contribution in [2.24, 2.45) is 17.3 Å². The quantitative estimate of drug-likeness (QED) is 0.749. The SMILES string of the molecule is CCCN1CC2(CC([C@@H](C)CNCC)C2)C1.[HH]. The Labute approximate surface area is 102 Å². The predicted molar refractivity (Wildman–Crippen MR) is 71.7 cm³/mol. The van der Waals surface area contributed by atoms with Crippen LogP contribution in [0.3, 0.4) is 0 Å². The van der Waals surface area contributed by atoms with Gasteiger partial charge >= 0.3 is 0 Å². The molecule has 2 nitrogen and oxygen atoms in total. The van der Waals surface area contributed by atoms with Crippen LogP contribution >= 0.6 is 0 Å². The van der Waals surface area contributed by atoms with Gasteiger partial charge in [0.1, 0.15) is 0 Å². The number of hydrogen-bond acceptors (Lipinski definition) is 2. The molecule has 2 aliphatic rings. The highest BCUT2D eigenvalue weighted by Gasteiger charge is 2.52. The third-order valence-corrected chi connectivity index (χ3v) is 4.57. The Morgan fingerprint density at radius 2 is 2.06 bits per heavy atom. The van der Waals surface area contributed by atoms with E-state index in [1.165, 1.54) is 45.4 Å². The second-order valence-electron chi connectivity index (χ2n) is 6.16. The first-order chi connectivity index (χ1) is 7.69. The van der Waals surface area contributed by atoms with E-state index in [2.05, 4.69) is 31.0 Å². The fourth-order valence-electron chi connectivity index (χ4n) is 3.63. The van der Waals surface area contributed by atoms with Crippen molar-refractivity contribution >= 4 is 0 Å². The summed E-state index contributed by atoms with van der Waals surface area (Å²) in [5.41, 5.74) is 0.764. The molecule has 2 heteroatoms. The van der Waals surface area contributed by atoms with Crippen LogP contribution in [0.15, 0.2) is 0 Å². The van der Waals surface area contributed by atoms with E-state index in [4.69, 9.17) is 0 Å². The van der Waals surface area contributed by atoms with Crippen LogP contribution in [0.4, 0.5) is 0 Å². The highest BCUT2D eigenvalue weighted by molar-refractivity contribution is 5.05. The number of nitrogens with one attached hydrogen (secondary N) is 1. The minimum Gasteiger partial charge on any atom is -0.317 e. The Hall–Kier alpha value is -0.0800. The summed E-state index contributed by atoms with van der Waals surface area (Å²) in [6.07, 6.45) is 4.32. The molecule has 1 atom stereocenters. The van der Waals surface area contributed by atoms with Crippen LogP contribution < -0.4 is 5.32 Å². The second-order valence-corrected chi connectivity index (χ2v) is 6.16. The Morgan fingerprint density at radius 3 is 2.62 bits per heavy atom. The number of likely N-dealkylation sites (tertiary alicyclic amines) is 1. The van der Waals surface area contributed by atoms with Crippen molar-refractivity contribution in [3.05, 3.63) is 0 Å². The number of nitrogens with zero attached hydrogens (tertiary/aromatic N) is 1. The average molecular weight is 226 g/mol. The molecule has 96 valence electrons. The van der Waals surface area contributed by atoms with Crippen LogP contribution in [0.5, 0.6) is 0 Å². The molecule has 0 unspecified atom stereocenters. The van der Waals surface area contributed by atoms with Crippen molar-refractivity contribution in [2.45, 2.75) is 40.0 Å². The zero-order valence-electron chi connectivity index (χ0n) is 11.3. The standard InChI is InChI=1S/C14H28N2.H2/c1-4-6-16-10-14(11-16)7-13(8-14)12(3)9-15-5-2;/h12-13,15H,4-11H2,1-3H3;1H/t12-;/m0./s1. The van der Waals surface area contributed by atoms with E-state index in [0.717, 1.165) is 23.8 Å². The predicted octanol–water partition coefficient (Wildman–Crippen LogP) is 2.60. The van der Waals surface area contributed by atoms with Crippen molar-refractivity contribution in [3.63, 3.8) is 0 Å². The highest BCUT2D eigenvalue weighted by Crippen LogP contribution is 2.54. The summed E-state index contributed by atoms with van der Waals surface area (Å²) in [6, 6.07) is 0. The average Bonchev–Trinajstić information content (AvgIpc) is 2.16. The van der Waals surface area contributed by atoms with E-state index < -0.39 is 0 Å². The molecule has 2 rings (SSSR count). The topological polar surface area (TPSA) is 15.3 Å². The highest BCUT2D eigenvalue weighted by atomic mass is 15.2. The third kappa shape index (κ3) is 2.43. The maximum absolute atomic E-state index is 3.48. The maximum Gasteiger partial charge on any atom is 0.00507 e. The van der Waals surface area contributed by atoms with Crippen LogP contribution in [-0.2, 0) is 0 Å². The molecule has 0 bridgehead atoms. The van der Waals surface area contributed by atoms with Gasteiger partial charge in [0, 0.05) is 14.5 Å². The third-order valence-electron chi connectivity index (χ3n) is 4.57. The maximum atomic E-state index is 3.48. The van der Waals surface area contributed by atoms with Gasteiger partial charge in [-0.1, -0.05) is 20.8 Å². The lowest BCUT2D eigenvalue weighted by molar-refractivity contribution is -0.107. The van der Waals surface area contributed by atoms with E-state index in [0.29, 0.717) is 0 Å². The molecule has 0 amide bonds. The molecule has 0 aromatic rings. The molecule has 1 aliphatic carbocycles. The minimum absolute atomic E-state index is 0. The zero-order chi connectivity index (χ0) is 11.6. The fraction of sp³-hybridized carbons (Fsp3) is 1.00. The molecule has 1 heterocycles. The van der Waals surface area contributed by atoms with Crippen LogP contribution in [0.1, 0.15) is 41.5 Å². The van der Waals surface area contributed by atoms with Crippen molar-refractivity contribution in [1.82, 2.24) is 10.2 Å². The van der Waals surface area contributed by atoms with Crippen molar-refractivity contribution in [1.29, 1.82) is 0 Å². The lowest BCUT2D eigenvalue weighted by Crippen LogP contribution is -2.63. The number of rotatable bonds is 6. The minimum atomic E-state index is 0. The van der Waals surface area contributed by atoms with Crippen molar-refractivity contribution in [2.75, 3.05) is 32.7 Å². The van der Waals surface area contributed by atoms with Crippen LogP contribution in [0.25, 0.3) is 0 Å². The van der Waals surface area contributed by atoms with E-state index >= 15 is 0 Å². The summed E-state index contributed by atoms with van der Waals surface area (Å²) in [7, 11) is 0. The smallest absolute Gasteiger partial charge is 0.00507 e. The normalized spacial score (nSPS) is 26.4. The molecule has 1 saturated heterocycles. The molecule has 0 radical (unpaired) electrons. The Kier molecular flexibility index (Phi) is 3.91. The molecule has 1 aliphatic heterocycles. The molecule has 0 aromatic heterocycles. The van der Waals surface area contributed by atoms with Gasteiger partial charge in [0.15, 0.2) is 0 Å². The van der Waals surface area contributed by atoms with Gasteiger partial charge in [0.25, 0.3) is 0 Å². The lowest BCUT2D eigenvalue weighted by Gasteiger charge is -2.60. The largest absolute Gasteiger partial charge is 0.317 e. The summed E-state index contributed by atoms with van der Waals surface area (Å²) >= 11 is 0. The summed E-state index contributed by atoms with van der Waals surface area (Å²) < 4.78 is 0. The molecule has 1 spiro atoms. The van der Waals surface area contributed by atoms with Gasteiger partial charge in [-0.2, -0.15) is 0 Å². The summed E-state index contributed by atoms with van der Waals surface area (Å²) in [6.45, 7) is 13.3. The Bertz CT molecular complexity index is 218. The van der Waals surface area contributed by atoms with Gasteiger partial charge in [-0.05, 0) is 56.1 Å². The van der Waals surface area contributed by atoms with Gasteiger partial charge in [-0.25, -0.2) is 0 Å². The Balaban J connectivity index is 0.00000144. The van der Waals surface area contributed by atoms with Gasteiger partial charge in [-0.3, -0.25) is 0 Å². The second kappa shape index (κ2) is 5.05. The molecular weight excluding hydrogens is 196 g/mol. The summed E-state index contributed by atoms with van der Waals surface area (Å²) in [4.78, 5) is 2.63. The zero-order valence-corrected chi connectivity index (χ0v) is 11.3. The molecule has 2 fully saturated rings. The van der Waals surface area contributed by atoms with E-state index in [1.54, 1.807) is 0 Å². The fourth-order valence-corrected chi connectivity index (χ4v) is 3.63. The van der Waals surface area contributed by atoms with Gasteiger partial charge < -0.3 is 10.2 Å². The molecule has 16 heavy (non-hydrogen) atoms. The van der Waals surface area contributed by atoms with Gasteiger partial charge in [-0.15, -0.1) is 0 Å². The van der Waals surface area contributed by atoms with Crippen molar-refractivity contribution < 1.29 is 1.43 Å². The monoisotopic (exact) mass is 226 g/mol. The summed E-state index contributed by atoms with van der Waals surface area (Å²) in [5, 5.41) is 3.48. The molecule has 1 saturated carbocycles. The molecule has 1 N–H and O–H groups in total. The first-order valence-electron chi connectivity index (χ1n) is 7.12. The van der Waals surface area contributed by atoms with E-state index in [9.17, 15) is 0 Å². The molecular formula is C14H30N2. The van der Waals surface area contributed by atoms with Crippen molar-refractivity contribution in [3.8, 4) is 0 Å². The van der Waals surface area contributed by atoms with Crippen LogP contribution in [0.2, 0.25) is 0 Å². The number of hydrogen-bond donors (Lipinski definition) is 1. The van der Waals surface area contributed by atoms with E-state index in [1.807, 2.05) is 0 Å². The lowest BCUT2D eigenvalue weighted by atomic mass is 9.55.